The maximum atomic E-state index is 11.9. The summed E-state index contributed by atoms with van der Waals surface area (Å²) in [4.78, 5) is 11.9. The number of ether oxygens (including phenoxy) is 3. The van der Waals surface area contributed by atoms with Crippen LogP contribution in [0, 0.1) is 12.8 Å². The second kappa shape index (κ2) is 5.74. The molecule has 6 heteroatoms. The summed E-state index contributed by atoms with van der Waals surface area (Å²) in [6, 6.07) is 1.71. The summed E-state index contributed by atoms with van der Waals surface area (Å²) in [7, 11) is 1.36. The van der Waals surface area contributed by atoms with Crippen molar-refractivity contribution in [2.24, 2.45) is 5.92 Å². The lowest BCUT2D eigenvalue weighted by atomic mass is 9.85. The highest BCUT2D eigenvalue weighted by Crippen LogP contribution is 2.52. The van der Waals surface area contributed by atoms with E-state index in [2.05, 4.69) is 15.9 Å². The molecule has 3 rings (SSSR count). The molecule has 1 saturated carbocycles. The molecule has 22 heavy (non-hydrogen) atoms. The summed E-state index contributed by atoms with van der Waals surface area (Å²) in [6.07, 6.45) is 3.19. The molecule has 0 unspecified atom stereocenters. The third-order valence-electron chi connectivity index (χ3n) is 4.55. The van der Waals surface area contributed by atoms with Crippen molar-refractivity contribution in [1.29, 1.82) is 0 Å². The van der Waals surface area contributed by atoms with Gasteiger partial charge in [-0.1, -0.05) is 0 Å². The zero-order valence-corrected chi connectivity index (χ0v) is 14.2. The van der Waals surface area contributed by atoms with E-state index >= 15 is 0 Å². The van der Waals surface area contributed by atoms with Crippen LogP contribution in [0.5, 0.6) is 11.5 Å². The molecule has 1 aliphatic carbocycles. The molecular weight excluding hydrogens is 352 g/mol. The normalized spacial score (nSPS) is 26.3. The lowest BCUT2D eigenvalue weighted by Gasteiger charge is -2.34. The summed E-state index contributed by atoms with van der Waals surface area (Å²) < 4.78 is 17.7. The molecule has 0 atom stereocenters. The number of carbonyl (C=O) groups excluding carboxylic acids is 1. The topological polar surface area (TPSA) is 65.0 Å². The van der Waals surface area contributed by atoms with Crippen LogP contribution >= 0.6 is 15.9 Å². The van der Waals surface area contributed by atoms with Crippen molar-refractivity contribution < 1.29 is 24.1 Å². The Labute approximate surface area is 137 Å². The largest absolute Gasteiger partial charge is 0.465 e. The number of benzene rings is 1. The Bertz CT molecular complexity index is 605. The fraction of sp³-hybridized carbons (Fsp3) is 0.562. The molecular formula is C16H19BrO5. The molecule has 0 aromatic heterocycles. The smallest absolute Gasteiger partial charge is 0.338 e. The van der Waals surface area contributed by atoms with Crippen molar-refractivity contribution in [3.05, 3.63) is 21.7 Å². The van der Waals surface area contributed by atoms with E-state index in [4.69, 9.17) is 14.2 Å². The highest BCUT2D eigenvalue weighted by atomic mass is 79.9. The van der Waals surface area contributed by atoms with E-state index in [9.17, 15) is 9.90 Å². The predicted molar refractivity (Wildman–Crippen MR) is 83.2 cm³/mol. The van der Waals surface area contributed by atoms with Crippen molar-refractivity contribution in [2.75, 3.05) is 13.7 Å². The standard InChI is InChI=1S/C16H19BrO5/c1-9-11(15(19)20-2)7-12(17)14-13(9)21-16(22-14)5-3-10(8-18)4-6-16/h7,10,18H,3-6,8H2,1-2H3. The number of hydrogen-bond donors (Lipinski definition) is 1. The molecule has 1 fully saturated rings. The van der Waals surface area contributed by atoms with Gasteiger partial charge >= 0.3 is 5.97 Å². The molecule has 0 amide bonds. The molecule has 1 aromatic carbocycles. The van der Waals surface area contributed by atoms with Crippen molar-refractivity contribution in [3.63, 3.8) is 0 Å². The van der Waals surface area contributed by atoms with Gasteiger partial charge in [0, 0.05) is 25.0 Å². The molecule has 1 N–H and O–H groups in total. The third-order valence-corrected chi connectivity index (χ3v) is 5.13. The molecule has 0 saturated heterocycles. The van der Waals surface area contributed by atoms with Gasteiger partial charge in [-0.05, 0) is 47.7 Å². The average molecular weight is 371 g/mol. The van der Waals surface area contributed by atoms with Gasteiger partial charge in [0.05, 0.1) is 17.1 Å². The number of carbonyl (C=O) groups is 1. The first kappa shape index (κ1) is 15.6. The van der Waals surface area contributed by atoms with Gasteiger partial charge in [0.25, 0.3) is 5.79 Å². The van der Waals surface area contributed by atoms with E-state index in [0.29, 0.717) is 27.5 Å². The molecule has 120 valence electrons. The second-order valence-corrected chi connectivity index (χ2v) is 6.78. The SMILES string of the molecule is COC(=O)c1cc(Br)c2c(c1C)OC1(CCC(CO)CC1)O2. The minimum Gasteiger partial charge on any atom is -0.465 e. The molecule has 1 aliphatic heterocycles. The zero-order chi connectivity index (χ0) is 15.9. The molecule has 2 aliphatic rings. The Kier molecular flexibility index (Phi) is 4.07. The minimum absolute atomic E-state index is 0.207. The van der Waals surface area contributed by atoms with E-state index in [1.165, 1.54) is 7.11 Å². The first-order valence-corrected chi connectivity index (χ1v) is 8.19. The first-order valence-electron chi connectivity index (χ1n) is 7.40. The van der Waals surface area contributed by atoms with E-state index in [0.717, 1.165) is 31.2 Å². The first-order chi connectivity index (χ1) is 10.5. The monoisotopic (exact) mass is 370 g/mol. The number of aliphatic hydroxyl groups excluding tert-OH is 1. The van der Waals surface area contributed by atoms with Crippen LogP contribution in [0.25, 0.3) is 0 Å². The lowest BCUT2D eigenvalue weighted by Crippen LogP contribution is -2.42. The Balaban J connectivity index is 1.92. The molecule has 0 radical (unpaired) electrons. The highest BCUT2D eigenvalue weighted by Gasteiger charge is 2.46. The van der Waals surface area contributed by atoms with Crippen LogP contribution in [0.2, 0.25) is 0 Å². The number of fused-ring (bicyclic) bond motifs is 1. The maximum absolute atomic E-state index is 11.9. The number of hydrogen-bond acceptors (Lipinski definition) is 5. The summed E-state index contributed by atoms with van der Waals surface area (Å²) in [6.45, 7) is 2.04. The van der Waals surface area contributed by atoms with Gasteiger partial charge in [0.15, 0.2) is 11.5 Å². The number of halogens is 1. The summed E-state index contributed by atoms with van der Waals surface area (Å²) in [5, 5.41) is 9.27. The second-order valence-electron chi connectivity index (χ2n) is 5.92. The fourth-order valence-corrected chi connectivity index (χ4v) is 3.63. The molecule has 5 nitrogen and oxygen atoms in total. The molecule has 0 bridgehead atoms. The van der Waals surface area contributed by atoms with E-state index < -0.39 is 11.8 Å². The van der Waals surface area contributed by atoms with Crippen LogP contribution in [0.4, 0.5) is 0 Å². The number of methoxy groups -OCH3 is 1. The third kappa shape index (κ3) is 2.48. The lowest BCUT2D eigenvalue weighted by molar-refractivity contribution is -0.116. The Morgan fingerprint density at radius 1 is 1.41 bits per heavy atom. The van der Waals surface area contributed by atoms with Crippen molar-refractivity contribution in [3.8, 4) is 11.5 Å². The molecule has 1 heterocycles. The Morgan fingerprint density at radius 3 is 2.64 bits per heavy atom. The van der Waals surface area contributed by atoms with Crippen LogP contribution in [-0.2, 0) is 4.74 Å². The highest BCUT2D eigenvalue weighted by molar-refractivity contribution is 9.10. The van der Waals surface area contributed by atoms with Crippen LogP contribution in [-0.4, -0.2) is 30.6 Å². The summed E-state index contributed by atoms with van der Waals surface area (Å²) in [5.41, 5.74) is 1.20. The van der Waals surface area contributed by atoms with Gasteiger partial charge in [-0.2, -0.15) is 0 Å². The van der Waals surface area contributed by atoms with Crippen molar-refractivity contribution in [1.82, 2.24) is 0 Å². The number of aliphatic hydroxyl groups is 1. The quantitative estimate of drug-likeness (QED) is 0.809. The van der Waals surface area contributed by atoms with Crippen LogP contribution < -0.4 is 9.47 Å². The molecule has 1 spiro atoms. The van der Waals surface area contributed by atoms with Crippen molar-refractivity contribution in [2.45, 2.75) is 38.4 Å². The van der Waals surface area contributed by atoms with Crippen LogP contribution in [0.3, 0.4) is 0 Å². The van der Waals surface area contributed by atoms with Gasteiger partial charge in [-0.15, -0.1) is 0 Å². The van der Waals surface area contributed by atoms with Gasteiger partial charge in [-0.25, -0.2) is 4.79 Å². The predicted octanol–water partition coefficient (Wildman–Crippen LogP) is 3.19. The molecule has 1 aromatic rings. The van der Waals surface area contributed by atoms with E-state index in [1.54, 1.807) is 6.07 Å². The van der Waals surface area contributed by atoms with E-state index in [1.807, 2.05) is 6.92 Å². The van der Waals surface area contributed by atoms with Crippen LogP contribution in [0.1, 0.15) is 41.6 Å². The average Bonchev–Trinajstić information content (AvgIpc) is 2.91. The number of esters is 1. The van der Waals surface area contributed by atoms with Crippen molar-refractivity contribution >= 4 is 21.9 Å². The fourth-order valence-electron chi connectivity index (χ4n) is 3.14. The number of rotatable bonds is 2. The summed E-state index contributed by atoms with van der Waals surface area (Å²) >= 11 is 3.45. The summed E-state index contributed by atoms with van der Waals surface area (Å²) in [5.74, 6) is 0.506. The van der Waals surface area contributed by atoms with Gasteiger partial charge in [-0.3, -0.25) is 0 Å². The van der Waals surface area contributed by atoms with Crippen LogP contribution in [0.15, 0.2) is 10.5 Å². The maximum Gasteiger partial charge on any atom is 0.338 e. The van der Waals surface area contributed by atoms with E-state index in [-0.39, 0.29) is 6.61 Å². The van der Waals surface area contributed by atoms with Gasteiger partial charge in [0.1, 0.15) is 0 Å². The minimum atomic E-state index is -0.671. The van der Waals surface area contributed by atoms with Gasteiger partial charge in [0.2, 0.25) is 0 Å². The zero-order valence-electron chi connectivity index (χ0n) is 12.6. The van der Waals surface area contributed by atoms with Gasteiger partial charge < -0.3 is 19.3 Å². The Morgan fingerprint density at radius 2 is 2.05 bits per heavy atom. The Hall–Kier alpha value is -1.27.